The van der Waals surface area contributed by atoms with Gasteiger partial charge in [0.25, 0.3) is 11.5 Å². The predicted octanol–water partition coefficient (Wildman–Crippen LogP) is 4.48. The van der Waals surface area contributed by atoms with Gasteiger partial charge < -0.3 is 29.6 Å². The quantitative estimate of drug-likeness (QED) is 0.358. The first-order valence-corrected chi connectivity index (χ1v) is 11.9. The summed E-state index contributed by atoms with van der Waals surface area (Å²) in [5.74, 6) is -1.88. The lowest BCUT2D eigenvalue weighted by Gasteiger charge is -2.32. The topological polar surface area (TPSA) is 117 Å². The number of rotatable bonds is 5. The van der Waals surface area contributed by atoms with Crippen molar-refractivity contribution in [2.45, 2.75) is 18.9 Å². The summed E-state index contributed by atoms with van der Waals surface area (Å²) in [6.45, 7) is 0.750. The maximum Gasteiger partial charge on any atom is 0.404 e. The van der Waals surface area contributed by atoms with Crippen LogP contribution in [0.4, 0.5) is 13.6 Å². The molecule has 2 aromatic heterocycles. The van der Waals surface area contributed by atoms with Crippen molar-refractivity contribution in [3.05, 3.63) is 82.4 Å². The van der Waals surface area contributed by atoms with Gasteiger partial charge in [0, 0.05) is 66.7 Å². The van der Waals surface area contributed by atoms with Gasteiger partial charge in [-0.2, -0.15) is 0 Å². The molecule has 2 amide bonds. The van der Waals surface area contributed by atoms with Crippen LogP contribution in [0.1, 0.15) is 23.2 Å². The van der Waals surface area contributed by atoms with Crippen molar-refractivity contribution >= 4 is 22.9 Å². The van der Waals surface area contributed by atoms with Gasteiger partial charge in [0.2, 0.25) is 0 Å². The molecule has 1 aliphatic rings. The molecule has 1 saturated heterocycles. The molecule has 0 radical (unpaired) electrons. The maximum atomic E-state index is 14.4. The number of benzene rings is 2. The van der Waals surface area contributed by atoms with Crippen LogP contribution in [0.15, 0.2) is 59.7 Å². The van der Waals surface area contributed by atoms with E-state index in [2.05, 4.69) is 10.3 Å². The van der Waals surface area contributed by atoms with E-state index in [1.54, 1.807) is 42.5 Å². The zero-order valence-corrected chi connectivity index (χ0v) is 20.3. The molecule has 1 aliphatic heterocycles. The first-order valence-electron chi connectivity index (χ1n) is 11.9. The lowest BCUT2D eigenvalue weighted by atomic mass is 9.98. The van der Waals surface area contributed by atoms with E-state index in [0.29, 0.717) is 59.6 Å². The Hall–Kier alpha value is -4.67. The number of ether oxygens (including phenoxy) is 1. The van der Waals surface area contributed by atoms with Crippen molar-refractivity contribution in [2.75, 3.05) is 13.1 Å². The van der Waals surface area contributed by atoms with Crippen molar-refractivity contribution in [1.29, 1.82) is 0 Å². The molecule has 196 valence electrons. The molecule has 1 fully saturated rings. The van der Waals surface area contributed by atoms with E-state index in [-0.39, 0.29) is 29.0 Å². The van der Waals surface area contributed by atoms with E-state index >= 15 is 0 Å². The van der Waals surface area contributed by atoms with Crippen molar-refractivity contribution < 1.29 is 28.2 Å². The first kappa shape index (κ1) is 25.0. The van der Waals surface area contributed by atoms with Crippen LogP contribution < -0.4 is 15.6 Å². The molecule has 11 heteroatoms. The summed E-state index contributed by atoms with van der Waals surface area (Å²) < 4.78 is 35.1. The summed E-state index contributed by atoms with van der Waals surface area (Å²) in [5.41, 5.74) is 1.45. The molecule has 0 spiro atoms. The van der Waals surface area contributed by atoms with Gasteiger partial charge >= 0.3 is 6.09 Å². The number of aromatic amines is 1. The van der Waals surface area contributed by atoms with Crippen molar-refractivity contribution in [1.82, 2.24) is 19.8 Å². The third-order valence-corrected chi connectivity index (χ3v) is 6.63. The summed E-state index contributed by atoms with van der Waals surface area (Å²) in [6.07, 6.45) is 3.11. The Kier molecular flexibility index (Phi) is 6.58. The number of carboxylic acid groups (broad SMARTS) is 1. The number of aromatic nitrogens is 2. The van der Waals surface area contributed by atoms with E-state index in [4.69, 9.17) is 9.84 Å². The fourth-order valence-electron chi connectivity index (χ4n) is 4.71. The minimum Gasteiger partial charge on any atom is -0.465 e. The Labute approximate surface area is 215 Å². The standard InChI is InChI=1S/C27H24F2N4O5/c1-32-14-20(18-6-9-30-24(18)26(32)35)19-12-15(25(34)33-10-7-17(8-11-33)31-27(36)37)2-4-22(19)38-23-5-3-16(28)13-21(23)29/h2-6,9,12-14,17,30-31H,7-8,10-11H2,1H3,(H,36,37). The molecule has 9 nitrogen and oxygen atoms in total. The third-order valence-electron chi connectivity index (χ3n) is 6.63. The number of halogens is 2. The number of H-pyrrole nitrogens is 1. The number of amides is 2. The highest BCUT2D eigenvalue weighted by Gasteiger charge is 2.26. The third kappa shape index (κ3) is 4.82. The van der Waals surface area contributed by atoms with Crippen LogP contribution in [-0.4, -0.2) is 50.7 Å². The minimum atomic E-state index is -1.10. The van der Waals surface area contributed by atoms with E-state index < -0.39 is 17.7 Å². The molecule has 0 unspecified atom stereocenters. The number of likely N-dealkylation sites (tertiary alicyclic amines) is 1. The smallest absolute Gasteiger partial charge is 0.404 e. The Morgan fingerprint density at radius 3 is 2.50 bits per heavy atom. The van der Waals surface area contributed by atoms with E-state index in [0.717, 1.165) is 6.07 Å². The monoisotopic (exact) mass is 522 g/mol. The second-order valence-electron chi connectivity index (χ2n) is 9.13. The highest BCUT2D eigenvalue weighted by Crippen LogP contribution is 2.38. The minimum absolute atomic E-state index is 0.199. The number of nitrogens with one attached hydrogen (secondary N) is 2. The van der Waals surface area contributed by atoms with E-state index in [1.807, 2.05) is 0 Å². The number of hydrogen-bond donors (Lipinski definition) is 3. The van der Waals surface area contributed by atoms with Crippen LogP contribution in [0.2, 0.25) is 0 Å². The molecular formula is C27H24F2N4O5. The highest BCUT2D eigenvalue weighted by atomic mass is 19.1. The van der Waals surface area contributed by atoms with Gasteiger partial charge in [0.15, 0.2) is 11.6 Å². The number of aryl methyl sites for hydroxylation is 1. The Bertz CT molecular complexity index is 1610. The number of hydrogen-bond acceptors (Lipinski definition) is 4. The molecule has 0 bridgehead atoms. The fraction of sp³-hybridized carbons (Fsp3) is 0.222. The zero-order chi connectivity index (χ0) is 27.0. The molecule has 5 rings (SSSR count). The molecular weight excluding hydrogens is 498 g/mol. The highest BCUT2D eigenvalue weighted by molar-refractivity contribution is 6.00. The number of nitrogens with zero attached hydrogens (tertiary/aromatic N) is 2. The molecule has 0 saturated carbocycles. The Morgan fingerprint density at radius 2 is 1.79 bits per heavy atom. The van der Waals surface area contributed by atoms with Crippen LogP contribution in [0.5, 0.6) is 11.5 Å². The summed E-state index contributed by atoms with van der Waals surface area (Å²) in [6, 6.07) is 9.18. The van der Waals surface area contributed by atoms with Gasteiger partial charge in [0.05, 0.1) is 0 Å². The summed E-state index contributed by atoms with van der Waals surface area (Å²) in [4.78, 5) is 41.5. The van der Waals surface area contributed by atoms with Crippen molar-refractivity contribution in [3.8, 4) is 22.6 Å². The molecule has 2 aromatic carbocycles. The van der Waals surface area contributed by atoms with Gasteiger partial charge in [-0.3, -0.25) is 9.59 Å². The van der Waals surface area contributed by atoms with Gasteiger partial charge in [-0.15, -0.1) is 0 Å². The summed E-state index contributed by atoms with van der Waals surface area (Å²) in [5, 5.41) is 12.0. The molecule has 0 aliphatic carbocycles. The second-order valence-corrected chi connectivity index (χ2v) is 9.13. The lowest BCUT2D eigenvalue weighted by molar-refractivity contribution is 0.0706. The normalized spacial score (nSPS) is 14.0. The van der Waals surface area contributed by atoms with Gasteiger partial charge in [-0.1, -0.05) is 0 Å². The average Bonchev–Trinajstić information content (AvgIpc) is 3.38. The average molecular weight is 523 g/mol. The number of pyridine rings is 1. The van der Waals surface area contributed by atoms with Crippen LogP contribution in [-0.2, 0) is 7.05 Å². The molecule has 0 atom stereocenters. The van der Waals surface area contributed by atoms with Crippen molar-refractivity contribution in [2.24, 2.45) is 7.05 Å². The van der Waals surface area contributed by atoms with Gasteiger partial charge in [0.1, 0.15) is 17.1 Å². The number of fused-ring (bicyclic) bond motifs is 1. The lowest BCUT2D eigenvalue weighted by Crippen LogP contribution is -2.46. The molecule has 4 aromatic rings. The summed E-state index contributed by atoms with van der Waals surface area (Å²) >= 11 is 0. The fourth-order valence-corrected chi connectivity index (χ4v) is 4.71. The van der Waals surface area contributed by atoms with Crippen LogP contribution in [0.25, 0.3) is 22.0 Å². The summed E-state index contributed by atoms with van der Waals surface area (Å²) in [7, 11) is 1.59. The van der Waals surface area contributed by atoms with Gasteiger partial charge in [-0.25, -0.2) is 13.6 Å². The SMILES string of the molecule is Cn1cc(-c2cc(C(=O)N3CCC(NC(=O)O)CC3)ccc2Oc2ccc(F)cc2F)c2cc[nH]c2c1=O. The van der Waals surface area contributed by atoms with Crippen LogP contribution in [0, 0.1) is 11.6 Å². The van der Waals surface area contributed by atoms with Crippen LogP contribution in [0.3, 0.4) is 0 Å². The largest absolute Gasteiger partial charge is 0.465 e. The van der Waals surface area contributed by atoms with E-state index in [1.165, 1.54) is 16.7 Å². The van der Waals surface area contributed by atoms with Gasteiger partial charge in [-0.05, 0) is 49.2 Å². The Balaban J connectivity index is 1.55. The van der Waals surface area contributed by atoms with E-state index in [9.17, 15) is 23.2 Å². The molecule has 38 heavy (non-hydrogen) atoms. The molecule has 3 N–H and O–H groups in total. The first-order chi connectivity index (χ1) is 18.2. The predicted molar refractivity (Wildman–Crippen MR) is 135 cm³/mol. The molecule has 3 heterocycles. The van der Waals surface area contributed by atoms with Crippen LogP contribution >= 0.6 is 0 Å². The zero-order valence-electron chi connectivity index (χ0n) is 20.3. The second kappa shape index (κ2) is 10.0. The number of piperidine rings is 1. The maximum absolute atomic E-state index is 14.4. The Morgan fingerprint density at radius 1 is 1.05 bits per heavy atom. The van der Waals surface area contributed by atoms with Crippen molar-refractivity contribution in [3.63, 3.8) is 0 Å². The number of carbonyl (C=O) groups is 2. The number of carbonyl (C=O) groups excluding carboxylic acids is 1.